The molecule has 0 radical (unpaired) electrons. The normalized spacial score (nSPS) is 22.8. The van der Waals surface area contributed by atoms with Gasteiger partial charge in [0.2, 0.25) is 5.91 Å². The number of nitrogens with one attached hydrogen (secondary N) is 1. The smallest absolute Gasteiger partial charge is 0.247 e. The number of carbonyl (C=O) groups excluding carboxylic acids is 1. The highest BCUT2D eigenvalue weighted by molar-refractivity contribution is 6.10. The fourth-order valence-electron chi connectivity index (χ4n) is 4.85. The summed E-state index contributed by atoms with van der Waals surface area (Å²) in [5.74, 6) is 1.09. The molecular weight excluding hydrogens is 360 g/mol. The summed E-state index contributed by atoms with van der Waals surface area (Å²) in [5, 5.41) is 3.17. The molecule has 1 saturated heterocycles. The van der Waals surface area contributed by atoms with Crippen LogP contribution in [0.3, 0.4) is 0 Å². The molecule has 1 N–H and O–H groups in total. The van der Waals surface area contributed by atoms with Gasteiger partial charge in [-0.05, 0) is 44.6 Å². The highest BCUT2D eigenvalue weighted by Gasteiger charge is 2.40. The van der Waals surface area contributed by atoms with E-state index in [-0.39, 0.29) is 11.9 Å². The predicted molar refractivity (Wildman–Crippen MR) is 116 cm³/mol. The first-order chi connectivity index (χ1) is 14.2. The number of fused-ring (bicyclic) bond motifs is 1. The van der Waals surface area contributed by atoms with Gasteiger partial charge in [-0.15, -0.1) is 0 Å². The van der Waals surface area contributed by atoms with Crippen molar-refractivity contribution in [2.75, 3.05) is 0 Å². The molecule has 1 atom stereocenters. The van der Waals surface area contributed by atoms with E-state index in [1.807, 2.05) is 0 Å². The van der Waals surface area contributed by atoms with Crippen molar-refractivity contribution in [1.29, 1.82) is 0 Å². The molecular formula is C24H33N4O+. The minimum Gasteiger partial charge on any atom is -0.340 e. The Bertz CT molecular complexity index is 859. The second kappa shape index (κ2) is 8.52. The summed E-state index contributed by atoms with van der Waals surface area (Å²) >= 11 is 0. The van der Waals surface area contributed by atoms with Gasteiger partial charge in [-0.3, -0.25) is 4.79 Å². The maximum Gasteiger partial charge on any atom is 0.247 e. The molecule has 0 aromatic carbocycles. The Morgan fingerprint density at radius 2 is 1.90 bits per heavy atom. The Labute approximate surface area is 174 Å². The fourth-order valence-corrected chi connectivity index (χ4v) is 4.85. The van der Waals surface area contributed by atoms with Crippen LogP contribution in [0.1, 0.15) is 71.3 Å². The first kappa shape index (κ1) is 19.9. The zero-order valence-electron chi connectivity index (χ0n) is 17.9. The number of carbonyl (C=O) groups is 1. The summed E-state index contributed by atoms with van der Waals surface area (Å²) in [6.45, 7) is 7.40. The lowest BCUT2D eigenvalue weighted by atomic mass is 10.0. The lowest BCUT2D eigenvalue weighted by Gasteiger charge is -2.42. The van der Waals surface area contributed by atoms with E-state index in [4.69, 9.17) is 4.99 Å². The molecule has 1 aromatic rings. The molecule has 1 saturated carbocycles. The highest BCUT2D eigenvalue weighted by Crippen LogP contribution is 2.34. The van der Waals surface area contributed by atoms with Gasteiger partial charge < -0.3 is 10.2 Å². The molecule has 5 heteroatoms. The Morgan fingerprint density at radius 1 is 1.17 bits per heavy atom. The zero-order valence-corrected chi connectivity index (χ0v) is 17.9. The second-order valence-corrected chi connectivity index (χ2v) is 8.24. The van der Waals surface area contributed by atoms with Gasteiger partial charge in [-0.2, -0.15) is 0 Å². The molecule has 154 valence electrons. The minimum atomic E-state index is -0.128. The van der Waals surface area contributed by atoms with Gasteiger partial charge in [0, 0.05) is 23.7 Å². The maximum absolute atomic E-state index is 12.9. The predicted octanol–water partition coefficient (Wildman–Crippen LogP) is 3.95. The van der Waals surface area contributed by atoms with Crippen LogP contribution in [0.15, 0.2) is 46.9 Å². The molecule has 0 bridgehead atoms. The Balaban J connectivity index is 1.81. The van der Waals surface area contributed by atoms with Crippen molar-refractivity contribution in [2.45, 2.75) is 84.3 Å². The highest BCUT2D eigenvalue weighted by atomic mass is 16.2. The number of hydrogen-bond acceptors (Lipinski definition) is 3. The topological polar surface area (TPSA) is 48.6 Å². The third kappa shape index (κ3) is 3.75. The number of allylic oxidation sites excluding steroid dienone is 2. The van der Waals surface area contributed by atoms with Gasteiger partial charge in [0.1, 0.15) is 12.6 Å². The molecule has 4 rings (SSSR count). The van der Waals surface area contributed by atoms with Crippen LogP contribution in [0.5, 0.6) is 0 Å². The molecule has 1 aliphatic carbocycles. The minimum absolute atomic E-state index is 0.120. The van der Waals surface area contributed by atoms with E-state index >= 15 is 0 Å². The van der Waals surface area contributed by atoms with Gasteiger partial charge in [0.05, 0.1) is 11.4 Å². The summed E-state index contributed by atoms with van der Waals surface area (Å²) in [6.07, 6.45) is 13.8. The zero-order chi connectivity index (χ0) is 20.4. The van der Waals surface area contributed by atoms with E-state index in [1.165, 1.54) is 18.4 Å². The number of hydrogen-bond donors (Lipinski definition) is 1. The van der Waals surface area contributed by atoms with Crippen LogP contribution in [0.2, 0.25) is 0 Å². The van der Waals surface area contributed by atoms with Gasteiger partial charge >= 0.3 is 0 Å². The first-order valence-electron chi connectivity index (χ1n) is 11.3. The lowest BCUT2D eigenvalue weighted by molar-refractivity contribution is -0.693. The average Bonchev–Trinajstić information content (AvgIpc) is 3.21. The molecule has 1 unspecified atom stereocenters. The van der Waals surface area contributed by atoms with Gasteiger partial charge in [-0.1, -0.05) is 32.8 Å². The van der Waals surface area contributed by atoms with Crippen LogP contribution in [-0.2, 0) is 11.3 Å². The van der Waals surface area contributed by atoms with E-state index < -0.39 is 0 Å². The molecule has 1 aromatic heterocycles. The van der Waals surface area contributed by atoms with E-state index in [0.29, 0.717) is 6.04 Å². The summed E-state index contributed by atoms with van der Waals surface area (Å²) in [5.41, 5.74) is 4.45. The van der Waals surface area contributed by atoms with Crippen molar-refractivity contribution in [3.63, 3.8) is 0 Å². The van der Waals surface area contributed by atoms with Gasteiger partial charge in [-0.25, -0.2) is 9.56 Å². The summed E-state index contributed by atoms with van der Waals surface area (Å²) in [4.78, 5) is 20.5. The molecule has 3 aliphatic rings. The molecule has 0 spiro atoms. The summed E-state index contributed by atoms with van der Waals surface area (Å²) in [7, 11) is 0. The fraction of sp³-hybridized carbons (Fsp3) is 0.542. The van der Waals surface area contributed by atoms with Crippen molar-refractivity contribution in [1.82, 2.24) is 10.2 Å². The van der Waals surface area contributed by atoms with Crippen molar-refractivity contribution >= 4 is 17.4 Å². The van der Waals surface area contributed by atoms with Crippen LogP contribution < -0.4 is 9.88 Å². The van der Waals surface area contributed by atoms with Crippen molar-refractivity contribution < 1.29 is 9.36 Å². The SMILES string of the molecule is CCC1=C(c2cc[n+](CC)cc2)N=C2C(=CC1)NC(=O)C(CC)N2C1CCCC1. The molecule has 3 heterocycles. The Kier molecular flexibility index (Phi) is 5.84. The van der Waals surface area contributed by atoms with Crippen molar-refractivity contribution in [3.8, 4) is 0 Å². The van der Waals surface area contributed by atoms with Crippen LogP contribution in [0.25, 0.3) is 5.70 Å². The Morgan fingerprint density at radius 3 is 2.52 bits per heavy atom. The number of pyridine rings is 1. The van der Waals surface area contributed by atoms with E-state index in [1.54, 1.807) is 0 Å². The number of amidine groups is 1. The second-order valence-electron chi connectivity index (χ2n) is 8.24. The van der Waals surface area contributed by atoms with E-state index in [9.17, 15) is 4.79 Å². The quantitative estimate of drug-likeness (QED) is 0.770. The standard InChI is InChI=1S/C24H32N4O/c1-4-17-11-12-20-23(26-22(17)18-13-15-27(6-3)16-14-18)28(19-9-7-8-10-19)21(5-2)24(29)25-20/h12-16,19,21H,4-11H2,1-3H3/p+1. The molecule has 1 amide bonds. The Hall–Kier alpha value is -2.43. The number of amides is 1. The van der Waals surface area contributed by atoms with Crippen LogP contribution in [-0.4, -0.2) is 28.7 Å². The van der Waals surface area contributed by atoms with Crippen LogP contribution in [0.4, 0.5) is 0 Å². The number of aliphatic imine (C=N–C) groups is 1. The van der Waals surface area contributed by atoms with Crippen LogP contribution in [0, 0.1) is 0 Å². The van der Waals surface area contributed by atoms with Gasteiger partial charge in [0.25, 0.3) is 0 Å². The van der Waals surface area contributed by atoms with Gasteiger partial charge in [0.15, 0.2) is 18.2 Å². The summed E-state index contributed by atoms with van der Waals surface area (Å²) in [6, 6.07) is 4.62. The molecule has 29 heavy (non-hydrogen) atoms. The monoisotopic (exact) mass is 393 g/mol. The maximum atomic E-state index is 12.9. The number of nitrogens with zero attached hydrogens (tertiary/aromatic N) is 3. The number of rotatable bonds is 5. The summed E-state index contributed by atoms with van der Waals surface area (Å²) < 4.78 is 2.17. The van der Waals surface area contributed by atoms with E-state index in [2.05, 4.69) is 66.2 Å². The third-order valence-corrected chi connectivity index (χ3v) is 6.55. The van der Waals surface area contributed by atoms with Crippen molar-refractivity contribution in [3.05, 3.63) is 47.4 Å². The molecule has 2 aliphatic heterocycles. The van der Waals surface area contributed by atoms with E-state index in [0.717, 1.165) is 61.4 Å². The van der Waals surface area contributed by atoms with Crippen LogP contribution >= 0.6 is 0 Å². The largest absolute Gasteiger partial charge is 0.340 e. The third-order valence-electron chi connectivity index (χ3n) is 6.55. The first-order valence-corrected chi connectivity index (χ1v) is 11.3. The number of aryl methyl sites for hydroxylation is 1. The number of piperazine rings is 1. The molecule has 2 fully saturated rings. The molecule has 5 nitrogen and oxygen atoms in total. The number of aromatic nitrogens is 1. The lowest BCUT2D eigenvalue weighted by Crippen LogP contribution is -2.59. The average molecular weight is 394 g/mol. The van der Waals surface area contributed by atoms with Crippen molar-refractivity contribution in [2.24, 2.45) is 4.99 Å².